The van der Waals surface area contributed by atoms with Crippen LogP contribution in [0.4, 0.5) is 0 Å². The molecular weight excluding hydrogens is 623 g/mol. The number of rotatable bonds is 14. The second-order valence-electron chi connectivity index (χ2n) is 9.82. The molecule has 0 saturated heterocycles. The quantitative estimate of drug-likeness (QED) is 0.239. The average molecular weight is 660 g/mol. The van der Waals surface area contributed by atoms with E-state index in [1.807, 2.05) is 51.2 Å². The van der Waals surface area contributed by atoms with Gasteiger partial charge in [0, 0.05) is 36.6 Å². The summed E-state index contributed by atoms with van der Waals surface area (Å²) in [5.41, 5.74) is 3.04. The van der Waals surface area contributed by atoms with Gasteiger partial charge in [-0.25, -0.2) is 8.42 Å². The van der Waals surface area contributed by atoms with Gasteiger partial charge >= 0.3 is 68.9 Å². The molecule has 3 aromatic rings. The monoisotopic (exact) mass is 659 g/mol. The largest absolute Gasteiger partial charge is 1.00 e. The van der Waals surface area contributed by atoms with Crippen LogP contribution in [0.5, 0.6) is 0 Å². The molecule has 8 nitrogen and oxygen atoms in total. The number of sulfonamides is 1. The number of carbonyl (C=O) groups excluding carboxylic acids is 2. The summed E-state index contributed by atoms with van der Waals surface area (Å²) in [6.07, 6.45) is 3.95. The van der Waals surface area contributed by atoms with Gasteiger partial charge in [-0.15, -0.1) is 0 Å². The number of para-hydroxylation sites is 1. The molecule has 0 aliphatic heterocycles. The molecule has 0 unspecified atom stereocenters. The molecule has 2 aromatic carbocycles. The van der Waals surface area contributed by atoms with Gasteiger partial charge in [0.25, 0.3) is 0 Å². The van der Waals surface area contributed by atoms with Crippen molar-refractivity contribution in [2.24, 2.45) is 5.92 Å². The standard InChI is InChI=1S/C28H37N3O5S.Cs/c1-20(2)19-31(37(35,36)23-14-11-21(3)12-15-23)26(28(33)34)10-6-7-17-29-27(32)16-13-22-18-30-25-9-5-4-8-24(22)25;/h4-5,8-9,11-12,14-15,18,20,26,30H,6-7,10,13,16-17,19H2,1-3H3,(H,29,32)(H,33,34);/q;+1/p-1/t26-;/m0./s1. The number of unbranched alkanes of at least 4 members (excludes halogenated alkanes) is 1. The number of hydrogen-bond donors (Lipinski definition) is 2. The zero-order valence-electron chi connectivity index (χ0n) is 22.7. The first-order valence-electron chi connectivity index (χ1n) is 12.7. The summed E-state index contributed by atoms with van der Waals surface area (Å²) in [6, 6.07) is 13.0. The van der Waals surface area contributed by atoms with Crippen molar-refractivity contribution in [3.8, 4) is 0 Å². The number of nitrogens with zero attached hydrogens (tertiary/aromatic N) is 1. The number of aliphatic carboxylic acids is 1. The number of fused-ring (bicyclic) bond motifs is 1. The summed E-state index contributed by atoms with van der Waals surface area (Å²) in [7, 11) is -4.02. The van der Waals surface area contributed by atoms with Gasteiger partial charge in [0.05, 0.1) is 16.9 Å². The van der Waals surface area contributed by atoms with Crippen molar-refractivity contribution in [3.63, 3.8) is 0 Å². The van der Waals surface area contributed by atoms with Crippen LogP contribution < -0.4 is 79.3 Å². The van der Waals surface area contributed by atoms with E-state index in [4.69, 9.17) is 0 Å². The molecule has 0 saturated carbocycles. The predicted octanol–water partition coefficient (Wildman–Crippen LogP) is 0.165. The molecule has 0 aliphatic carbocycles. The Morgan fingerprint density at radius 2 is 1.74 bits per heavy atom. The molecule has 1 atom stereocenters. The predicted molar refractivity (Wildman–Crippen MR) is 142 cm³/mol. The summed E-state index contributed by atoms with van der Waals surface area (Å²) in [4.78, 5) is 27.6. The van der Waals surface area contributed by atoms with Crippen LogP contribution in [0.25, 0.3) is 10.9 Å². The number of carboxylic acid groups (broad SMARTS) is 1. The van der Waals surface area contributed by atoms with Crippen LogP contribution in [-0.4, -0.2) is 48.7 Å². The summed E-state index contributed by atoms with van der Waals surface area (Å²) < 4.78 is 27.7. The van der Waals surface area contributed by atoms with Crippen LogP contribution in [0.1, 0.15) is 50.7 Å². The molecule has 0 bridgehead atoms. The van der Waals surface area contributed by atoms with Crippen LogP contribution in [0.15, 0.2) is 59.6 Å². The normalized spacial score (nSPS) is 12.4. The third-order valence-electron chi connectivity index (χ3n) is 6.32. The molecule has 0 radical (unpaired) electrons. The van der Waals surface area contributed by atoms with Gasteiger partial charge < -0.3 is 20.2 Å². The number of carbonyl (C=O) groups is 2. The van der Waals surface area contributed by atoms with E-state index in [0.717, 1.165) is 26.3 Å². The first-order chi connectivity index (χ1) is 17.6. The van der Waals surface area contributed by atoms with Gasteiger partial charge in [-0.2, -0.15) is 4.31 Å². The van der Waals surface area contributed by atoms with Crippen molar-refractivity contribution in [1.82, 2.24) is 14.6 Å². The van der Waals surface area contributed by atoms with E-state index in [1.165, 1.54) is 12.1 Å². The fourth-order valence-electron chi connectivity index (χ4n) is 4.34. The van der Waals surface area contributed by atoms with Gasteiger partial charge in [-0.05, 0) is 62.3 Å². The fourth-order valence-corrected chi connectivity index (χ4v) is 6.12. The minimum Gasteiger partial charge on any atom is -0.548 e. The number of amides is 1. The molecule has 10 heteroatoms. The maximum Gasteiger partial charge on any atom is 1.00 e. The number of carboxylic acids is 1. The summed E-state index contributed by atoms with van der Waals surface area (Å²) >= 11 is 0. The summed E-state index contributed by atoms with van der Waals surface area (Å²) in [5, 5.41) is 16.0. The molecular formula is C28H36CsN3O5S. The second kappa shape index (κ2) is 15.6. The van der Waals surface area contributed by atoms with E-state index in [2.05, 4.69) is 10.3 Å². The fraction of sp³-hybridized carbons (Fsp3) is 0.429. The zero-order valence-corrected chi connectivity index (χ0v) is 29.8. The van der Waals surface area contributed by atoms with Gasteiger partial charge in [0.15, 0.2) is 0 Å². The SMILES string of the molecule is Cc1ccc(S(=O)(=O)N(CC(C)C)[C@@H](CCCCNC(=O)CCc2c[nH]c3ccccc23)C(=O)[O-])cc1.[Cs+]. The maximum atomic E-state index is 13.3. The maximum absolute atomic E-state index is 13.3. The molecule has 1 amide bonds. The van der Waals surface area contributed by atoms with E-state index in [0.29, 0.717) is 32.2 Å². The van der Waals surface area contributed by atoms with Crippen molar-refractivity contribution in [2.45, 2.75) is 63.8 Å². The van der Waals surface area contributed by atoms with Crippen LogP contribution in [0, 0.1) is 12.8 Å². The van der Waals surface area contributed by atoms with Crippen molar-refractivity contribution in [2.75, 3.05) is 13.1 Å². The van der Waals surface area contributed by atoms with E-state index < -0.39 is 22.0 Å². The molecule has 38 heavy (non-hydrogen) atoms. The average Bonchev–Trinajstić information content (AvgIpc) is 3.27. The Bertz CT molecular complexity index is 1310. The number of aromatic nitrogens is 1. The van der Waals surface area contributed by atoms with E-state index >= 15 is 0 Å². The molecule has 3 rings (SSSR count). The van der Waals surface area contributed by atoms with Crippen molar-refractivity contribution in [3.05, 3.63) is 65.9 Å². The molecule has 1 aromatic heterocycles. The number of aromatic amines is 1. The number of aryl methyl sites for hydroxylation is 2. The van der Waals surface area contributed by atoms with Crippen molar-refractivity contribution in [1.29, 1.82) is 0 Å². The Morgan fingerprint density at radius 1 is 1.05 bits per heavy atom. The number of nitrogens with one attached hydrogen (secondary N) is 2. The van der Waals surface area contributed by atoms with Crippen LogP contribution in [0.3, 0.4) is 0 Å². The van der Waals surface area contributed by atoms with Crippen molar-refractivity contribution < 1.29 is 92.0 Å². The zero-order chi connectivity index (χ0) is 27.0. The van der Waals surface area contributed by atoms with E-state index in [1.54, 1.807) is 12.1 Å². The van der Waals surface area contributed by atoms with Gasteiger partial charge in [0.2, 0.25) is 15.9 Å². The third-order valence-corrected chi connectivity index (χ3v) is 8.20. The molecule has 0 spiro atoms. The Balaban J connectivity index is 0.00000507. The Labute approximate surface area is 284 Å². The summed E-state index contributed by atoms with van der Waals surface area (Å²) in [6.45, 7) is 6.00. The van der Waals surface area contributed by atoms with Gasteiger partial charge in [-0.1, -0.05) is 49.7 Å². The Kier molecular flexibility index (Phi) is 13.6. The Morgan fingerprint density at radius 3 is 2.39 bits per heavy atom. The minimum absolute atomic E-state index is 0. The first kappa shape index (κ1) is 33.1. The van der Waals surface area contributed by atoms with Crippen molar-refractivity contribution >= 4 is 32.8 Å². The molecule has 1 heterocycles. The second-order valence-corrected chi connectivity index (χ2v) is 11.7. The summed E-state index contributed by atoms with van der Waals surface area (Å²) in [5.74, 6) is -1.57. The number of hydrogen-bond acceptors (Lipinski definition) is 5. The molecule has 0 fully saturated rings. The first-order valence-corrected chi connectivity index (χ1v) is 14.1. The van der Waals surface area contributed by atoms with E-state index in [-0.39, 0.29) is 98.6 Å². The van der Waals surface area contributed by atoms with Crippen LogP contribution >= 0.6 is 0 Å². The smallest absolute Gasteiger partial charge is 0.548 e. The molecule has 0 aliphatic rings. The number of H-pyrrole nitrogens is 1. The van der Waals surface area contributed by atoms with Gasteiger partial charge in [0.1, 0.15) is 0 Å². The molecule has 200 valence electrons. The minimum atomic E-state index is -4.02. The Hall–Kier alpha value is -1.12. The molecule has 2 N–H and O–H groups in total. The third kappa shape index (κ3) is 9.23. The van der Waals surface area contributed by atoms with Crippen LogP contribution in [-0.2, 0) is 26.0 Å². The van der Waals surface area contributed by atoms with Crippen LogP contribution in [0.2, 0.25) is 0 Å². The topological polar surface area (TPSA) is 122 Å². The number of benzene rings is 2. The van der Waals surface area contributed by atoms with Gasteiger partial charge in [-0.3, -0.25) is 4.79 Å². The van der Waals surface area contributed by atoms with E-state index in [9.17, 15) is 23.1 Å².